The molecule has 118 valence electrons. The number of nitrogens with zero attached hydrogens (tertiary/aromatic N) is 2. The van der Waals surface area contributed by atoms with Crippen molar-refractivity contribution < 1.29 is 5.11 Å². The number of aromatic nitrogens is 1. The highest BCUT2D eigenvalue weighted by molar-refractivity contribution is 5.40. The molecule has 0 atom stereocenters. The molecule has 0 amide bonds. The van der Waals surface area contributed by atoms with Crippen LogP contribution in [0.5, 0.6) is 0 Å². The highest BCUT2D eigenvalue weighted by Gasteiger charge is 2.15. The van der Waals surface area contributed by atoms with Crippen molar-refractivity contribution in [3.05, 3.63) is 23.9 Å². The van der Waals surface area contributed by atoms with E-state index in [-0.39, 0.29) is 12.0 Å². The first-order chi connectivity index (χ1) is 10.1. The Hall–Kier alpha value is -1.13. The molecule has 1 aromatic heterocycles. The number of hydrogen-bond donors (Lipinski definition) is 2. The van der Waals surface area contributed by atoms with Gasteiger partial charge >= 0.3 is 0 Å². The molecular weight excluding hydrogens is 262 g/mol. The Morgan fingerprint density at radius 3 is 2.67 bits per heavy atom. The number of rotatable bonds is 8. The minimum absolute atomic E-state index is 0.0423. The molecule has 1 aliphatic rings. The zero-order valence-electron chi connectivity index (χ0n) is 13.4. The minimum Gasteiger partial charge on any atom is -0.396 e. The standard InChI is InChI=1S/C17H29N3O/c1-17(2,14-21)8-5-9-18-12-15-6-7-16(19-13-15)20-10-3-4-11-20/h6-7,13,18,21H,3-5,8-12,14H2,1-2H3. The number of aliphatic hydroxyl groups is 1. The topological polar surface area (TPSA) is 48.4 Å². The second kappa shape index (κ2) is 7.76. The summed E-state index contributed by atoms with van der Waals surface area (Å²) in [6.07, 6.45) is 6.69. The lowest BCUT2D eigenvalue weighted by molar-refractivity contribution is 0.148. The molecule has 21 heavy (non-hydrogen) atoms. The molecule has 0 spiro atoms. The van der Waals surface area contributed by atoms with E-state index in [9.17, 15) is 5.11 Å². The van der Waals surface area contributed by atoms with Gasteiger partial charge in [-0.25, -0.2) is 4.98 Å². The lowest BCUT2D eigenvalue weighted by atomic mass is 9.89. The van der Waals surface area contributed by atoms with Crippen LogP contribution < -0.4 is 10.2 Å². The maximum absolute atomic E-state index is 9.21. The highest BCUT2D eigenvalue weighted by atomic mass is 16.3. The predicted octanol–water partition coefficient (Wildman–Crippen LogP) is 2.57. The summed E-state index contributed by atoms with van der Waals surface area (Å²) in [5, 5.41) is 12.7. The number of hydrogen-bond acceptors (Lipinski definition) is 4. The molecule has 4 nitrogen and oxygen atoms in total. The van der Waals surface area contributed by atoms with Crippen molar-refractivity contribution in [2.24, 2.45) is 5.41 Å². The van der Waals surface area contributed by atoms with E-state index in [0.717, 1.165) is 44.8 Å². The van der Waals surface area contributed by atoms with Gasteiger partial charge in [-0.3, -0.25) is 0 Å². The molecule has 1 fully saturated rings. The normalized spacial score (nSPS) is 15.7. The third-order valence-electron chi connectivity index (χ3n) is 4.20. The van der Waals surface area contributed by atoms with Gasteiger partial charge in [-0.15, -0.1) is 0 Å². The van der Waals surface area contributed by atoms with Crippen LogP contribution in [0, 0.1) is 5.41 Å². The SMILES string of the molecule is CC(C)(CO)CCCNCc1ccc(N2CCCC2)nc1. The number of aliphatic hydroxyl groups excluding tert-OH is 1. The Balaban J connectivity index is 1.67. The van der Waals surface area contributed by atoms with Crippen LogP contribution in [0.25, 0.3) is 0 Å². The summed E-state index contributed by atoms with van der Waals surface area (Å²) in [7, 11) is 0. The van der Waals surface area contributed by atoms with Gasteiger partial charge in [0.1, 0.15) is 5.82 Å². The van der Waals surface area contributed by atoms with Gasteiger partial charge in [0.05, 0.1) is 0 Å². The molecule has 2 N–H and O–H groups in total. The molecule has 0 radical (unpaired) electrons. The maximum atomic E-state index is 9.21. The van der Waals surface area contributed by atoms with Gasteiger partial charge in [0.2, 0.25) is 0 Å². The molecule has 0 aromatic carbocycles. The lowest BCUT2D eigenvalue weighted by Crippen LogP contribution is -2.21. The molecule has 2 heterocycles. The molecule has 0 bridgehead atoms. The maximum Gasteiger partial charge on any atom is 0.128 e. The third-order valence-corrected chi connectivity index (χ3v) is 4.20. The van der Waals surface area contributed by atoms with Crippen molar-refractivity contribution in [1.29, 1.82) is 0 Å². The van der Waals surface area contributed by atoms with Gasteiger partial charge in [-0.1, -0.05) is 19.9 Å². The Morgan fingerprint density at radius 1 is 1.29 bits per heavy atom. The number of pyridine rings is 1. The Labute approximate surface area is 128 Å². The zero-order valence-corrected chi connectivity index (χ0v) is 13.4. The van der Waals surface area contributed by atoms with Gasteiger partial charge in [-0.05, 0) is 49.3 Å². The Bertz CT molecular complexity index is 411. The Kier molecular flexibility index (Phi) is 6.00. The summed E-state index contributed by atoms with van der Waals surface area (Å²) < 4.78 is 0. The van der Waals surface area contributed by atoms with Crippen molar-refractivity contribution in [3.63, 3.8) is 0 Å². The van der Waals surface area contributed by atoms with Crippen LogP contribution in [0.2, 0.25) is 0 Å². The van der Waals surface area contributed by atoms with Crippen LogP contribution in [0.15, 0.2) is 18.3 Å². The van der Waals surface area contributed by atoms with E-state index in [1.54, 1.807) is 0 Å². The first-order valence-electron chi connectivity index (χ1n) is 8.12. The molecule has 4 heteroatoms. The molecule has 0 unspecified atom stereocenters. The van der Waals surface area contributed by atoms with Crippen molar-refractivity contribution in [2.75, 3.05) is 31.1 Å². The molecule has 0 saturated carbocycles. The monoisotopic (exact) mass is 291 g/mol. The highest BCUT2D eigenvalue weighted by Crippen LogP contribution is 2.20. The molecular formula is C17H29N3O. The summed E-state index contributed by atoms with van der Waals surface area (Å²) in [6, 6.07) is 4.31. The van der Waals surface area contributed by atoms with E-state index in [0.29, 0.717) is 0 Å². The lowest BCUT2D eigenvalue weighted by Gasteiger charge is -2.21. The van der Waals surface area contributed by atoms with E-state index in [2.05, 4.69) is 41.2 Å². The van der Waals surface area contributed by atoms with Gasteiger partial charge in [0.25, 0.3) is 0 Å². The largest absolute Gasteiger partial charge is 0.396 e. The summed E-state index contributed by atoms with van der Waals surface area (Å²) in [6.45, 7) is 8.61. The fraction of sp³-hybridized carbons (Fsp3) is 0.706. The predicted molar refractivity (Wildman–Crippen MR) is 87.5 cm³/mol. The third kappa shape index (κ3) is 5.29. The quantitative estimate of drug-likeness (QED) is 0.723. The van der Waals surface area contributed by atoms with E-state index >= 15 is 0 Å². The van der Waals surface area contributed by atoms with E-state index in [4.69, 9.17) is 0 Å². The van der Waals surface area contributed by atoms with Crippen LogP contribution >= 0.6 is 0 Å². The van der Waals surface area contributed by atoms with Crippen LogP contribution in [0.3, 0.4) is 0 Å². The van der Waals surface area contributed by atoms with Crippen LogP contribution in [0.1, 0.15) is 45.1 Å². The summed E-state index contributed by atoms with van der Waals surface area (Å²) in [5.74, 6) is 1.11. The first-order valence-corrected chi connectivity index (χ1v) is 8.12. The van der Waals surface area contributed by atoms with Crippen molar-refractivity contribution in [3.8, 4) is 0 Å². The fourth-order valence-electron chi connectivity index (χ4n) is 2.66. The molecule has 1 saturated heterocycles. The van der Waals surface area contributed by atoms with Crippen molar-refractivity contribution in [2.45, 2.75) is 46.1 Å². The number of nitrogens with one attached hydrogen (secondary N) is 1. The average molecular weight is 291 g/mol. The van der Waals surface area contributed by atoms with Gasteiger partial charge in [0, 0.05) is 32.4 Å². The molecule has 0 aliphatic carbocycles. The van der Waals surface area contributed by atoms with Gasteiger partial charge in [-0.2, -0.15) is 0 Å². The van der Waals surface area contributed by atoms with E-state index in [1.165, 1.54) is 18.4 Å². The smallest absolute Gasteiger partial charge is 0.128 e. The van der Waals surface area contributed by atoms with Crippen LogP contribution in [0.4, 0.5) is 5.82 Å². The second-order valence-corrected chi connectivity index (χ2v) is 6.82. The van der Waals surface area contributed by atoms with E-state index in [1.807, 2.05) is 6.20 Å². The molecule has 1 aliphatic heterocycles. The second-order valence-electron chi connectivity index (χ2n) is 6.82. The molecule has 2 rings (SSSR count). The van der Waals surface area contributed by atoms with Gasteiger partial charge in [0.15, 0.2) is 0 Å². The Morgan fingerprint density at radius 2 is 2.05 bits per heavy atom. The van der Waals surface area contributed by atoms with Crippen LogP contribution in [-0.4, -0.2) is 36.3 Å². The first kappa shape index (κ1) is 16.2. The minimum atomic E-state index is 0.0423. The van der Waals surface area contributed by atoms with Crippen molar-refractivity contribution in [1.82, 2.24) is 10.3 Å². The zero-order chi connectivity index (χ0) is 15.1. The van der Waals surface area contributed by atoms with E-state index < -0.39 is 0 Å². The summed E-state index contributed by atoms with van der Waals surface area (Å²) in [5.41, 5.74) is 1.28. The van der Waals surface area contributed by atoms with Crippen LogP contribution in [-0.2, 0) is 6.54 Å². The molecule has 1 aromatic rings. The summed E-state index contributed by atoms with van der Waals surface area (Å²) in [4.78, 5) is 6.92. The summed E-state index contributed by atoms with van der Waals surface area (Å²) >= 11 is 0. The average Bonchev–Trinajstić information content (AvgIpc) is 3.02. The number of anilines is 1. The van der Waals surface area contributed by atoms with Crippen molar-refractivity contribution >= 4 is 5.82 Å². The van der Waals surface area contributed by atoms with Gasteiger partial charge < -0.3 is 15.3 Å². The fourth-order valence-corrected chi connectivity index (χ4v) is 2.66.